The van der Waals surface area contributed by atoms with Gasteiger partial charge in [-0.1, -0.05) is 19.1 Å². The van der Waals surface area contributed by atoms with E-state index in [2.05, 4.69) is 35.6 Å². The van der Waals surface area contributed by atoms with E-state index in [0.29, 0.717) is 32.6 Å². The molecular formula is C22H31N3O4S2. The van der Waals surface area contributed by atoms with Crippen LogP contribution in [-0.4, -0.2) is 53.4 Å². The van der Waals surface area contributed by atoms with Crippen LogP contribution in [0.3, 0.4) is 0 Å². The van der Waals surface area contributed by atoms with Gasteiger partial charge in [-0.25, -0.2) is 21.6 Å². The number of rotatable bonds is 7. The van der Waals surface area contributed by atoms with Gasteiger partial charge in [0, 0.05) is 37.9 Å². The Hall–Kier alpha value is -1.94. The Morgan fingerprint density at radius 3 is 2.06 bits per heavy atom. The van der Waals surface area contributed by atoms with E-state index in [1.54, 1.807) is 6.92 Å². The van der Waals surface area contributed by atoms with Crippen molar-refractivity contribution in [1.29, 1.82) is 0 Å². The smallest absolute Gasteiger partial charge is 0.243 e. The van der Waals surface area contributed by atoms with Crippen LogP contribution in [0.5, 0.6) is 0 Å². The van der Waals surface area contributed by atoms with Crippen LogP contribution in [0.1, 0.15) is 31.4 Å². The number of nitrogens with zero attached hydrogens (tertiary/aromatic N) is 2. The fourth-order valence-electron chi connectivity index (χ4n) is 3.60. The summed E-state index contributed by atoms with van der Waals surface area (Å²) in [7, 11) is -7.35. The Kier molecular flexibility index (Phi) is 7.10. The molecule has 1 fully saturated rings. The molecule has 1 atom stereocenters. The summed E-state index contributed by atoms with van der Waals surface area (Å²) in [4.78, 5) is 2.38. The van der Waals surface area contributed by atoms with Gasteiger partial charge in [-0.15, -0.1) is 0 Å². The Morgan fingerprint density at radius 2 is 1.48 bits per heavy atom. The van der Waals surface area contributed by atoms with Crippen molar-refractivity contribution in [3.63, 3.8) is 0 Å². The van der Waals surface area contributed by atoms with Gasteiger partial charge >= 0.3 is 0 Å². The predicted molar refractivity (Wildman–Crippen MR) is 123 cm³/mol. The third-order valence-electron chi connectivity index (χ3n) is 5.90. The minimum atomic E-state index is -3.68. The van der Waals surface area contributed by atoms with E-state index in [1.807, 2.05) is 13.0 Å². The Labute approximate surface area is 186 Å². The topological polar surface area (TPSA) is 86.8 Å². The summed E-state index contributed by atoms with van der Waals surface area (Å²) < 4.78 is 55.0. The molecule has 0 aliphatic carbocycles. The quantitative estimate of drug-likeness (QED) is 0.679. The second-order valence-electron chi connectivity index (χ2n) is 8.01. The maximum Gasteiger partial charge on any atom is 0.243 e. The van der Waals surface area contributed by atoms with Crippen LogP contribution >= 0.6 is 0 Å². The first-order chi connectivity index (χ1) is 14.6. The molecule has 1 aliphatic rings. The number of anilines is 1. The first-order valence-corrected chi connectivity index (χ1v) is 13.4. The van der Waals surface area contributed by atoms with Crippen LogP contribution in [0, 0.1) is 13.8 Å². The lowest BCUT2D eigenvalue weighted by Crippen LogP contribution is -2.48. The minimum Gasteiger partial charge on any atom is -0.369 e. The molecule has 2 aromatic rings. The second kappa shape index (κ2) is 9.28. The van der Waals surface area contributed by atoms with E-state index < -0.39 is 20.0 Å². The highest BCUT2D eigenvalue weighted by Crippen LogP contribution is 2.26. The molecule has 9 heteroatoms. The highest BCUT2D eigenvalue weighted by atomic mass is 32.2. The SMILES string of the molecule is CCC(C)NS(=O)(=O)c1ccc(S(=O)(=O)N2CCN(c3cccc(C)c3C)CC2)cc1. The van der Waals surface area contributed by atoms with Gasteiger partial charge in [-0.05, 0) is 68.7 Å². The van der Waals surface area contributed by atoms with Crippen LogP contribution in [-0.2, 0) is 20.0 Å². The van der Waals surface area contributed by atoms with Crippen molar-refractivity contribution in [2.45, 2.75) is 49.9 Å². The number of hydrogen-bond donors (Lipinski definition) is 1. The van der Waals surface area contributed by atoms with Gasteiger partial charge in [0.25, 0.3) is 0 Å². The van der Waals surface area contributed by atoms with Crippen molar-refractivity contribution in [2.24, 2.45) is 0 Å². The van der Waals surface area contributed by atoms with Gasteiger partial charge < -0.3 is 4.90 Å². The van der Waals surface area contributed by atoms with E-state index >= 15 is 0 Å². The lowest BCUT2D eigenvalue weighted by atomic mass is 10.1. The van der Waals surface area contributed by atoms with E-state index in [1.165, 1.54) is 39.7 Å². The Balaban J connectivity index is 1.72. The van der Waals surface area contributed by atoms with Crippen molar-refractivity contribution in [3.05, 3.63) is 53.6 Å². The summed E-state index contributed by atoms with van der Waals surface area (Å²) in [5.41, 5.74) is 3.56. The monoisotopic (exact) mass is 465 g/mol. The summed E-state index contributed by atoms with van der Waals surface area (Å²) in [6, 6.07) is 11.4. The first kappa shape index (κ1) is 23.7. The van der Waals surface area contributed by atoms with E-state index in [-0.39, 0.29) is 15.8 Å². The maximum absolute atomic E-state index is 13.1. The molecule has 1 aliphatic heterocycles. The normalized spacial score (nSPS) is 17.0. The highest BCUT2D eigenvalue weighted by Gasteiger charge is 2.29. The minimum absolute atomic E-state index is 0.0616. The van der Waals surface area contributed by atoms with E-state index in [0.717, 1.165) is 5.69 Å². The van der Waals surface area contributed by atoms with Crippen LogP contribution in [0.4, 0.5) is 5.69 Å². The van der Waals surface area contributed by atoms with Crippen molar-refractivity contribution in [2.75, 3.05) is 31.1 Å². The van der Waals surface area contributed by atoms with E-state index in [9.17, 15) is 16.8 Å². The van der Waals surface area contributed by atoms with Crippen molar-refractivity contribution in [3.8, 4) is 0 Å². The second-order valence-corrected chi connectivity index (χ2v) is 11.7. The molecule has 0 saturated carbocycles. The molecule has 3 rings (SSSR count). The average Bonchev–Trinajstić information content (AvgIpc) is 2.75. The third kappa shape index (κ3) is 5.11. The zero-order chi connectivity index (χ0) is 22.8. The standard InChI is InChI=1S/C22H31N3O4S2/c1-5-18(3)23-30(26,27)20-9-11-21(12-10-20)31(28,29)25-15-13-24(14-16-25)22-8-6-7-17(2)19(22)4/h6-12,18,23H,5,13-16H2,1-4H3. The summed E-state index contributed by atoms with van der Waals surface area (Å²) in [6.45, 7) is 9.80. The average molecular weight is 466 g/mol. The summed E-state index contributed by atoms with van der Waals surface area (Å²) in [6.07, 6.45) is 0.666. The number of hydrogen-bond acceptors (Lipinski definition) is 5. The number of piperazine rings is 1. The number of nitrogens with one attached hydrogen (secondary N) is 1. The predicted octanol–water partition coefficient (Wildman–Crippen LogP) is 2.89. The fourth-order valence-corrected chi connectivity index (χ4v) is 6.35. The van der Waals surface area contributed by atoms with Gasteiger partial charge in [0.1, 0.15) is 0 Å². The summed E-state index contributed by atoms with van der Waals surface area (Å²) in [5, 5.41) is 0. The molecular weight excluding hydrogens is 434 g/mol. The summed E-state index contributed by atoms with van der Waals surface area (Å²) >= 11 is 0. The molecule has 2 aromatic carbocycles. The van der Waals surface area contributed by atoms with E-state index in [4.69, 9.17) is 0 Å². The number of aryl methyl sites for hydroxylation is 1. The molecule has 31 heavy (non-hydrogen) atoms. The van der Waals surface area contributed by atoms with Crippen LogP contribution < -0.4 is 9.62 Å². The largest absolute Gasteiger partial charge is 0.369 e. The van der Waals surface area contributed by atoms with Crippen LogP contribution in [0.25, 0.3) is 0 Å². The molecule has 0 radical (unpaired) electrons. The highest BCUT2D eigenvalue weighted by molar-refractivity contribution is 7.89. The first-order valence-electron chi connectivity index (χ1n) is 10.5. The molecule has 0 amide bonds. The Morgan fingerprint density at radius 1 is 0.903 bits per heavy atom. The lowest BCUT2D eigenvalue weighted by molar-refractivity contribution is 0.384. The molecule has 0 spiro atoms. The molecule has 1 unspecified atom stereocenters. The molecule has 1 heterocycles. The fraction of sp³-hybridized carbons (Fsp3) is 0.455. The van der Waals surface area contributed by atoms with Gasteiger partial charge in [-0.2, -0.15) is 4.31 Å². The number of sulfonamides is 2. The Bertz CT molecular complexity index is 1120. The van der Waals surface area contributed by atoms with Gasteiger partial charge in [0.05, 0.1) is 9.79 Å². The van der Waals surface area contributed by atoms with Gasteiger partial charge in [-0.3, -0.25) is 0 Å². The number of benzene rings is 2. The molecule has 0 bridgehead atoms. The lowest BCUT2D eigenvalue weighted by Gasteiger charge is -2.36. The third-order valence-corrected chi connectivity index (χ3v) is 9.41. The molecule has 170 valence electrons. The van der Waals surface area contributed by atoms with Crippen LogP contribution in [0.2, 0.25) is 0 Å². The maximum atomic E-state index is 13.1. The summed E-state index contributed by atoms with van der Waals surface area (Å²) in [5.74, 6) is 0. The zero-order valence-electron chi connectivity index (χ0n) is 18.5. The van der Waals surface area contributed by atoms with Crippen LogP contribution in [0.15, 0.2) is 52.3 Å². The van der Waals surface area contributed by atoms with Gasteiger partial charge in [0.15, 0.2) is 0 Å². The van der Waals surface area contributed by atoms with Crippen molar-refractivity contribution < 1.29 is 16.8 Å². The van der Waals surface area contributed by atoms with Crippen molar-refractivity contribution in [1.82, 2.24) is 9.03 Å². The zero-order valence-corrected chi connectivity index (χ0v) is 20.1. The van der Waals surface area contributed by atoms with Gasteiger partial charge in [0.2, 0.25) is 20.0 Å². The van der Waals surface area contributed by atoms with Crippen molar-refractivity contribution >= 4 is 25.7 Å². The molecule has 1 N–H and O–H groups in total. The molecule has 0 aromatic heterocycles. The molecule has 1 saturated heterocycles. The molecule has 7 nitrogen and oxygen atoms in total.